The lowest BCUT2D eigenvalue weighted by molar-refractivity contribution is -0.116. The number of nitrogens with zero attached hydrogens (tertiary/aromatic N) is 1. The topological polar surface area (TPSA) is 88.1 Å². The van der Waals surface area contributed by atoms with Gasteiger partial charge >= 0.3 is 0 Å². The number of benzene rings is 1. The molecule has 2 unspecified atom stereocenters. The van der Waals surface area contributed by atoms with Crippen molar-refractivity contribution in [3.8, 4) is 11.5 Å². The second kappa shape index (κ2) is 4.92. The summed E-state index contributed by atoms with van der Waals surface area (Å²) in [6, 6.07) is 2.55. The van der Waals surface area contributed by atoms with E-state index >= 15 is 0 Å². The van der Waals surface area contributed by atoms with Crippen molar-refractivity contribution in [3.05, 3.63) is 17.7 Å². The van der Waals surface area contributed by atoms with Gasteiger partial charge in [-0.3, -0.25) is 9.59 Å². The first kappa shape index (κ1) is 13.7. The Hall–Kier alpha value is -2.28. The number of fused-ring (bicyclic) bond motifs is 2. The van der Waals surface area contributed by atoms with Crippen LogP contribution in [0, 0.1) is 0 Å². The number of Topliss-reactive ketones (excluding diaryl/α,β-unsaturated/α-hetero) is 1. The summed E-state index contributed by atoms with van der Waals surface area (Å²) in [5, 5.41) is 12.9. The summed E-state index contributed by atoms with van der Waals surface area (Å²) in [4.78, 5) is 25.8. The van der Waals surface area contributed by atoms with E-state index in [0.717, 1.165) is 0 Å². The number of hydrogen-bond donors (Lipinski definition) is 2. The molecule has 2 aliphatic rings. The quantitative estimate of drug-likeness (QED) is 0.829. The van der Waals surface area contributed by atoms with E-state index < -0.39 is 6.23 Å². The van der Waals surface area contributed by atoms with E-state index in [1.165, 1.54) is 31.3 Å². The van der Waals surface area contributed by atoms with Gasteiger partial charge in [-0.05, 0) is 6.07 Å². The number of methoxy groups -OCH3 is 2. The van der Waals surface area contributed by atoms with E-state index in [-0.39, 0.29) is 42.2 Å². The fourth-order valence-corrected chi connectivity index (χ4v) is 2.86. The molecule has 2 aliphatic heterocycles. The smallest absolute Gasteiger partial charge is 0.256 e. The van der Waals surface area contributed by atoms with E-state index in [0.29, 0.717) is 11.3 Å². The molecule has 1 aromatic carbocycles. The number of aromatic hydroxyl groups is 1. The van der Waals surface area contributed by atoms with Crippen LogP contribution in [0.25, 0.3) is 0 Å². The van der Waals surface area contributed by atoms with Gasteiger partial charge in [-0.2, -0.15) is 0 Å². The van der Waals surface area contributed by atoms with Crippen molar-refractivity contribution in [1.29, 1.82) is 0 Å². The molecule has 0 spiro atoms. The first-order valence-corrected chi connectivity index (χ1v) is 6.58. The standard InChI is InChI=1S/C14H16N2O5/c1-20-12-4-8-9(5-11(12)18)15-13(21-2)10-3-7(17)6-16(10)14(8)19/h4-5,10,13,15,18H,3,6H2,1-2H3. The third kappa shape index (κ3) is 2.09. The van der Waals surface area contributed by atoms with E-state index in [1.54, 1.807) is 0 Å². The monoisotopic (exact) mass is 292 g/mol. The fraction of sp³-hybridized carbons (Fsp3) is 0.429. The fourth-order valence-electron chi connectivity index (χ4n) is 2.86. The van der Waals surface area contributed by atoms with Crippen LogP contribution in [0.1, 0.15) is 16.8 Å². The number of amides is 1. The molecule has 112 valence electrons. The molecule has 0 bridgehead atoms. The van der Waals surface area contributed by atoms with Gasteiger partial charge in [0.25, 0.3) is 5.91 Å². The van der Waals surface area contributed by atoms with Crippen molar-refractivity contribution in [1.82, 2.24) is 4.90 Å². The van der Waals surface area contributed by atoms with Crippen LogP contribution in [0.2, 0.25) is 0 Å². The van der Waals surface area contributed by atoms with Gasteiger partial charge in [0.2, 0.25) is 0 Å². The summed E-state index contributed by atoms with van der Waals surface area (Å²) in [5.41, 5.74) is 0.816. The zero-order chi connectivity index (χ0) is 15.1. The average molecular weight is 292 g/mol. The minimum absolute atomic E-state index is 0.00592. The second-order valence-corrected chi connectivity index (χ2v) is 5.11. The number of carbonyl (C=O) groups is 2. The van der Waals surface area contributed by atoms with Crippen LogP contribution in [0.3, 0.4) is 0 Å². The number of rotatable bonds is 2. The van der Waals surface area contributed by atoms with Crippen LogP contribution >= 0.6 is 0 Å². The molecule has 0 saturated carbocycles. The SMILES string of the molecule is COc1cc2c(cc1O)NC(OC)C1CC(=O)CN1C2=O. The highest BCUT2D eigenvalue weighted by atomic mass is 16.5. The van der Waals surface area contributed by atoms with Crippen LogP contribution in [0.15, 0.2) is 12.1 Å². The summed E-state index contributed by atoms with van der Waals surface area (Å²) >= 11 is 0. The Kier molecular flexibility index (Phi) is 3.21. The van der Waals surface area contributed by atoms with Crippen LogP contribution in [0.5, 0.6) is 11.5 Å². The number of carbonyl (C=O) groups excluding carboxylic acids is 2. The molecule has 1 saturated heterocycles. The van der Waals surface area contributed by atoms with E-state index in [2.05, 4.69) is 5.32 Å². The highest BCUT2D eigenvalue weighted by Gasteiger charge is 2.43. The summed E-state index contributed by atoms with van der Waals surface area (Å²) < 4.78 is 10.4. The van der Waals surface area contributed by atoms with Crippen LogP contribution in [-0.4, -0.2) is 54.7 Å². The molecule has 2 N–H and O–H groups in total. The number of hydrogen-bond acceptors (Lipinski definition) is 6. The summed E-state index contributed by atoms with van der Waals surface area (Å²) in [5.74, 6) is -0.121. The van der Waals surface area contributed by atoms with Crippen LogP contribution in [0.4, 0.5) is 5.69 Å². The third-order valence-corrected chi connectivity index (χ3v) is 3.90. The Labute approximate surface area is 121 Å². The van der Waals surface area contributed by atoms with E-state index in [1.807, 2.05) is 0 Å². The lowest BCUT2D eigenvalue weighted by atomic mass is 10.1. The Morgan fingerprint density at radius 3 is 2.76 bits per heavy atom. The molecule has 7 nitrogen and oxygen atoms in total. The Balaban J connectivity index is 2.10. The van der Waals surface area contributed by atoms with Gasteiger partial charge < -0.3 is 24.8 Å². The maximum Gasteiger partial charge on any atom is 0.256 e. The number of phenolic OH excluding ortho intramolecular Hbond substituents is 1. The number of ketones is 1. The first-order chi connectivity index (χ1) is 10.0. The van der Waals surface area contributed by atoms with E-state index in [4.69, 9.17) is 9.47 Å². The zero-order valence-electron chi connectivity index (χ0n) is 11.8. The highest BCUT2D eigenvalue weighted by molar-refractivity contribution is 6.04. The Morgan fingerprint density at radius 2 is 2.10 bits per heavy atom. The average Bonchev–Trinajstić information content (AvgIpc) is 2.81. The molecule has 2 heterocycles. The van der Waals surface area contributed by atoms with Crippen molar-refractivity contribution in [2.75, 3.05) is 26.1 Å². The lowest BCUT2D eigenvalue weighted by Gasteiger charge is -2.27. The molecule has 7 heteroatoms. The predicted molar refractivity (Wildman–Crippen MR) is 73.5 cm³/mol. The zero-order valence-corrected chi connectivity index (χ0v) is 11.8. The van der Waals surface area contributed by atoms with Gasteiger partial charge in [0, 0.05) is 19.6 Å². The summed E-state index contributed by atoms with van der Waals surface area (Å²) in [7, 11) is 2.92. The summed E-state index contributed by atoms with van der Waals surface area (Å²) in [6.45, 7) is 0.0771. The molecule has 0 radical (unpaired) electrons. The van der Waals surface area contributed by atoms with Crippen molar-refractivity contribution in [2.45, 2.75) is 18.7 Å². The number of ether oxygens (including phenoxy) is 2. The number of anilines is 1. The molecular formula is C14H16N2O5. The van der Waals surface area contributed by atoms with Crippen molar-refractivity contribution in [3.63, 3.8) is 0 Å². The molecule has 1 amide bonds. The first-order valence-electron chi connectivity index (χ1n) is 6.58. The molecular weight excluding hydrogens is 276 g/mol. The molecule has 1 aromatic rings. The molecule has 1 fully saturated rings. The number of nitrogens with one attached hydrogen (secondary N) is 1. The lowest BCUT2D eigenvalue weighted by Crippen LogP contribution is -2.44. The van der Waals surface area contributed by atoms with Gasteiger partial charge in [-0.1, -0.05) is 0 Å². The normalized spacial score (nSPS) is 24.2. The van der Waals surface area contributed by atoms with Gasteiger partial charge in [-0.25, -0.2) is 0 Å². The van der Waals surface area contributed by atoms with Crippen molar-refractivity contribution >= 4 is 17.4 Å². The van der Waals surface area contributed by atoms with Gasteiger partial charge in [0.15, 0.2) is 17.3 Å². The molecule has 3 rings (SSSR count). The number of phenols is 1. The third-order valence-electron chi connectivity index (χ3n) is 3.90. The molecule has 2 atom stereocenters. The minimum Gasteiger partial charge on any atom is -0.504 e. The van der Waals surface area contributed by atoms with Crippen molar-refractivity contribution < 1.29 is 24.2 Å². The molecule has 0 aromatic heterocycles. The van der Waals surface area contributed by atoms with Gasteiger partial charge in [-0.15, -0.1) is 0 Å². The van der Waals surface area contributed by atoms with Gasteiger partial charge in [0.1, 0.15) is 6.23 Å². The van der Waals surface area contributed by atoms with Crippen molar-refractivity contribution in [2.24, 2.45) is 0 Å². The highest BCUT2D eigenvalue weighted by Crippen LogP contribution is 2.37. The Bertz CT molecular complexity index is 616. The van der Waals surface area contributed by atoms with Crippen LogP contribution < -0.4 is 10.1 Å². The van der Waals surface area contributed by atoms with E-state index in [9.17, 15) is 14.7 Å². The van der Waals surface area contributed by atoms with Crippen LogP contribution in [-0.2, 0) is 9.53 Å². The molecule has 0 aliphatic carbocycles. The predicted octanol–water partition coefficient (Wildman–Crippen LogP) is 0.582. The Morgan fingerprint density at radius 1 is 1.33 bits per heavy atom. The van der Waals surface area contributed by atoms with Gasteiger partial charge in [0.05, 0.1) is 30.9 Å². The molecule has 21 heavy (non-hydrogen) atoms. The maximum atomic E-state index is 12.6. The maximum absolute atomic E-state index is 12.6. The minimum atomic E-state index is -0.505. The second-order valence-electron chi connectivity index (χ2n) is 5.11. The largest absolute Gasteiger partial charge is 0.504 e. The summed E-state index contributed by atoms with van der Waals surface area (Å²) in [6.07, 6.45) is -0.247.